The second kappa shape index (κ2) is 4.09. The highest BCUT2D eigenvalue weighted by Gasteiger charge is 2.09. The third-order valence-electron chi connectivity index (χ3n) is 1.21. The molecule has 1 rings (SSSR count). The Bertz CT molecular complexity index is 53.2. The number of rotatable bonds is 1. The Balaban J connectivity index is 0.000000490. The molecular weight excluding hydrogens is 126 g/mol. The Morgan fingerprint density at radius 2 is 2.38 bits per heavy atom. The standard InChI is InChI=1S/C4H11N3.ClH/c5-3-4-1-2-6-7-4;/h4,6-7H,1-3,5H2;1H. The fraction of sp³-hybridized carbons (Fsp3) is 1.00. The molecule has 50 valence electrons. The summed E-state index contributed by atoms with van der Waals surface area (Å²) in [6.07, 6.45) is 1.16. The maximum absolute atomic E-state index is 5.33. The predicted molar refractivity (Wildman–Crippen MR) is 35.8 cm³/mol. The summed E-state index contributed by atoms with van der Waals surface area (Å²) >= 11 is 0. The largest absolute Gasteiger partial charge is 0.329 e. The minimum atomic E-state index is 0. The van der Waals surface area contributed by atoms with E-state index in [-0.39, 0.29) is 12.4 Å². The molecule has 0 radical (unpaired) electrons. The van der Waals surface area contributed by atoms with Gasteiger partial charge in [-0.05, 0) is 6.42 Å². The van der Waals surface area contributed by atoms with E-state index in [1.165, 1.54) is 0 Å². The van der Waals surface area contributed by atoms with Gasteiger partial charge in [0.2, 0.25) is 0 Å². The molecule has 1 heterocycles. The molecule has 1 atom stereocenters. The molecule has 1 saturated heterocycles. The molecule has 0 aromatic carbocycles. The van der Waals surface area contributed by atoms with E-state index in [1.54, 1.807) is 0 Å². The minimum absolute atomic E-state index is 0. The van der Waals surface area contributed by atoms with Crippen molar-refractivity contribution < 1.29 is 0 Å². The SMILES string of the molecule is Cl.NCC1CCNN1. The molecule has 0 saturated carbocycles. The average molecular weight is 138 g/mol. The van der Waals surface area contributed by atoms with Crippen LogP contribution < -0.4 is 16.6 Å². The summed E-state index contributed by atoms with van der Waals surface area (Å²) in [5, 5.41) is 0. The monoisotopic (exact) mass is 137 g/mol. The van der Waals surface area contributed by atoms with Crippen molar-refractivity contribution in [2.24, 2.45) is 5.73 Å². The first kappa shape index (κ1) is 8.17. The Hall–Kier alpha value is 0.170. The maximum atomic E-state index is 5.33. The summed E-state index contributed by atoms with van der Waals surface area (Å²) < 4.78 is 0. The van der Waals surface area contributed by atoms with Crippen LogP contribution in [0.3, 0.4) is 0 Å². The summed E-state index contributed by atoms with van der Waals surface area (Å²) in [6.45, 7) is 1.80. The third-order valence-corrected chi connectivity index (χ3v) is 1.21. The number of halogens is 1. The van der Waals surface area contributed by atoms with Crippen LogP contribution in [0.1, 0.15) is 6.42 Å². The van der Waals surface area contributed by atoms with Crippen LogP contribution in [-0.4, -0.2) is 19.1 Å². The highest BCUT2D eigenvalue weighted by molar-refractivity contribution is 5.85. The molecule has 0 aromatic heterocycles. The first-order valence-electron chi connectivity index (χ1n) is 2.62. The lowest BCUT2D eigenvalue weighted by Gasteiger charge is -2.01. The third kappa shape index (κ3) is 1.96. The van der Waals surface area contributed by atoms with E-state index in [1.807, 2.05) is 0 Å². The molecule has 3 nitrogen and oxygen atoms in total. The Labute approximate surface area is 55.4 Å². The van der Waals surface area contributed by atoms with Gasteiger partial charge >= 0.3 is 0 Å². The van der Waals surface area contributed by atoms with Crippen molar-refractivity contribution in [1.82, 2.24) is 10.9 Å². The lowest BCUT2D eigenvalue weighted by molar-refractivity contribution is 0.563. The highest BCUT2D eigenvalue weighted by atomic mass is 35.5. The van der Waals surface area contributed by atoms with E-state index < -0.39 is 0 Å². The van der Waals surface area contributed by atoms with Gasteiger partial charge in [-0.2, -0.15) is 0 Å². The van der Waals surface area contributed by atoms with E-state index in [0.29, 0.717) is 6.04 Å². The topological polar surface area (TPSA) is 50.1 Å². The van der Waals surface area contributed by atoms with Crippen molar-refractivity contribution in [2.45, 2.75) is 12.5 Å². The van der Waals surface area contributed by atoms with Gasteiger partial charge in [0.15, 0.2) is 0 Å². The van der Waals surface area contributed by atoms with E-state index >= 15 is 0 Å². The van der Waals surface area contributed by atoms with Crippen molar-refractivity contribution in [2.75, 3.05) is 13.1 Å². The van der Waals surface area contributed by atoms with Crippen LogP contribution in [0.5, 0.6) is 0 Å². The zero-order valence-corrected chi connectivity index (χ0v) is 5.50. The fourth-order valence-corrected chi connectivity index (χ4v) is 0.712. The van der Waals surface area contributed by atoms with Gasteiger partial charge in [-0.15, -0.1) is 12.4 Å². The average Bonchev–Trinajstić information content (AvgIpc) is 2.14. The quantitative estimate of drug-likeness (QED) is 0.445. The molecule has 0 spiro atoms. The van der Waals surface area contributed by atoms with E-state index in [9.17, 15) is 0 Å². The molecule has 4 N–H and O–H groups in total. The lowest BCUT2D eigenvalue weighted by Crippen LogP contribution is -2.35. The smallest absolute Gasteiger partial charge is 0.0348 e. The summed E-state index contributed by atoms with van der Waals surface area (Å²) in [6, 6.07) is 0.514. The number of nitrogens with two attached hydrogens (primary N) is 1. The predicted octanol–water partition coefficient (Wildman–Crippen LogP) is -0.767. The molecule has 1 aliphatic heterocycles. The molecule has 0 bridgehead atoms. The Morgan fingerprint density at radius 1 is 1.62 bits per heavy atom. The van der Waals surface area contributed by atoms with Gasteiger partial charge in [-0.25, -0.2) is 0 Å². The maximum Gasteiger partial charge on any atom is 0.0348 e. The summed E-state index contributed by atoms with van der Waals surface area (Å²) in [7, 11) is 0. The zero-order valence-electron chi connectivity index (χ0n) is 4.68. The van der Waals surface area contributed by atoms with Crippen LogP contribution in [-0.2, 0) is 0 Å². The van der Waals surface area contributed by atoms with Gasteiger partial charge in [0.05, 0.1) is 0 Å². The molecular formula is C4H12ClN3. The Morgan fingerprint density at radius 3 is 2.62 bits per heavy atom. The van der Waals surface area contributed by atoms with Crippen LogP contribution in [0.15, 0.2) is 0 Å². The number of hydrazine groups is 1. The molecule has 8 heavy (non-hydrogen) atoms. The van der Waals surface area contributed by atoms with Crippen LogP contribution in [0.25, 0.3) is 0 Å². The number of hydrogen-bond acceptors (Lipinski definition) is 3. The van der Waals surface area contributed by atoms with E-state index in [2.05, 4.69) is 10.9 Å². The van der Waals surface area contributed by atoms with Crippen LogP contribution in [0.2, 0.25) is 0 Å². The van der Waals surface area contributed by atoms with E-state index in [0.717, 1.165) is 19.5 Å². The lowest BCUT2D eigenvalue weighted by atomic mass is 10.2. The normalized spacial score (nSPS) is 27.4. The van der Waals surface area contributed by atoms with Crippen molar-refractivity contribution >= 4 is 12.4 Å². The summed E-state index contributed by atoms with van der Waals surface area (Å²) in [5.74, 6) is 0. The highest BCUT2D eigenvalue weighted by Crippen LogP contribution is 1.90. The minimum Gasteiger partial charge on any atom is -0.329 e. The second-order valence-electron chi connectivity index (χ2n) is 1.79. The van der Waals surface area contributed by atoms with Gasteiger partial charge in [-0.3, -0.25) is 10.9 Å². The van der Waals surface area contributed by atoms with Crippen molar-refractivity contribution in [3.63, 3.8) is 0 Å². The molecule has 0 aliphatic carbocycles. The molecule has 1 aliphatic rings. The summed E-state index contributed by atoms with van der Waals surface area (Å²) in [4.78, 5) is 0. The van der Waals surface area contributed by atoms with Crippen LogP contribution in [0, 0.1) is 0 Å². The van der Waals surface area contributed by atoms with Gasteiger partial charge in [0.25, 0.3) is 0 Å². The van der Waals surface area contributed by atoms with Crippen LogP contribution in [0.4, 0.5) is 0 Å². The van der Waals surface area contributed by atoms with E-state index in [4.69, 9.17) is 5.73 Å². The number of nitrogens with one attached hydrogen (secondary N) is 2. The van der Waals surface area contributed by atoms with Crippen molar-refractivity contribution in [3.8, 4) is 0 Å². The van der Waals surface area contributed by atoms with Gasteiger partial charge < -0.3 is 5.73 Å². The molecule has 4 heteroatoms. The van der Waals surface area contributed by atoms with Crippen molar-refractivity contribution in [3.05, 3.63) is 0 Å². The second-order valence-corrected chi connectivity index (χ2v) is 1.79. The number of hydrogen-bond donors (Lipinski definition) is 3. The molecule has 0 aromatic rings. The summed E-state index contributed by atoms with van der Waals surface area (Å²) in [5.41, 5.74) is 11.4. The van der Waals surface area contributed by atoms with Crippen molar-refractivity contribution in [1.29, 1.82) is 0 Å². The van der Waals surface area contributed by atoms with Crippen LogP contribution >= 0.6 is 12.4 Å². The van der Waals surface area contributed by atoms with Gasteiger partial charge in [-0.1, -0.05) is 0 Å². The Kier molecular flexibility index (Phi) is 4.18. The molecule has 1 unspecified atom stereocenters. The fourth-order valence-electron chi connectivity index (χ4n) is 0.712. The first-order valence-corrected chi connectivity index (χ1v) is 2.62. The van der Waals surface area contributed by atoms with Gasteiger partial charge in [0.1, 0.15) is 0 Å². The first-order chi connectivity index (χ1) is 3.43. The molecule has 0 amide bonds. The zero-order chi connectivity index (χ0) is 5.11. The van der Waals surface area contributed by atoms with Gasteiger partial charge in [0, 0.05) is 19.1 Å². The molecule has 1 fully saturated rings.